The van der Waals surface area contributed by atoms with Crippen LogP contribution in [0.2, 0.25) is 5.02 Å². The van der Waals surface area contributed by atoms with Crippen molar-refractivity contribution in [2.45, 2.75) is 5.16 Å². The van der Waals surface area contributed by atoms with Crippen molar-refractivity contribution in [3.05, 3.63) is 63.9 Å². The summed E-state index contributed by atoms with van der Waals surface area (Å²) in [6.45, 7) is 0.479. The summed E-state index contributed by atoms with van der Waals surface area (Å²) in [4.78, 5) is 12.4. The number of fused-ring (bicyclic) bond motifs is 3. The molecule has 0 fully saturated rings. The number of para-hydroxylation sites is 2. The normalized spacial score (nSPS) is 11.3. The first-order valence-corrected chi connectivity index (χ1v) is 9.36. The molecular formula is C18H15ClN4O2S. The predicted molar refractivity (Wildman–Crippen MR) is 103 cm³/mol. The van der Waals surface area contributed by atoms with Gasteiger partial charge in [0.25, 0.3) is 5.56 Å². The molecule has 0 spiro atoms. The number of thioether (sulfide) groups is 1. The Kier molecular flexibility index (Phi) is 4.57. The fourth-order valence-corrected chi connectivity index (χ4v) is 3.70. The Balaban J connectivity index is 1.60. The Bertz CT molecular complexity index is 1160. The van der Waals surface area contributed by atoms with Crippen LogP contribution in [0.3, 0.4) is 0 Å². The summed E-state index contributed by atoms with van der Waals surface area (Å²) in [5.74, 6) is 1.85. The van der Waals surface area contributed by atoms with Crippen LogP contribution in [0.4, 0.5) is 0 Å². The summed E-state index contributed by atoms with van der Waals surface area (Å²) in [6.07, 6.45) is 0. The van der Waals surface area contributed by atoms with Gasteiger partial charge >= 0.3 is 0 Å². The van der Waals surface area contributed by atoms with E-state index in [0.29, 0.717) is 34.3 Å². The number of aryl methyl sites for hydroxylation is 1. The molecule has 0 saturated heterocycles. The van der Waals surface area contributed by atoms with Gasteiger partial charge in [-0.25, -0.2) is 0 Å². The zero-order valence-electron chi connectivity index (χ0n) is 13.9. The Morgan fingerprint density at radius 1 is 1.12 bits per heavy atom. The van der Waals surface area contributed by atoms with Gasteiger partial charge in [0, 0.05) is 12.8 Å². The van der Waals surface area contributed by atoms with Gasteiger partial charge in [0.2, 0.25) is 5.78 Å². The molecule has 4 aromatic rings. The van der Waals surface area contributed by atoms with Gasteiger partial charge in [-0.2, -0.15) is 0 Å². The van der Waals surface area contributed by atoms with E-state index < -0.39 is 0 Å². The van der Waals surface area contributed by atoms with Crippen LogP contribution in [0.1, 0.15) is 0 Å². The van der Waals surface area contributed by atoms with Crippen LogP contribution in [-0.4, -0.2) is 31.5 Å². The van der Waals surface area contributed by atoms with Crippen molar-refractivity contribution in [3.63, 3.8) is 0 Å². The molecule has 6 nitrogen and oxygen atoms in total. The van der Waals surface area contributed by atoms with Crippen molar-refractivity contribution in [2.75, 3.05) is 12.4 Å². The number of rotatable bonds is 5. The Hall–Kier alpha value is -2.51. The monoisotopic (exact) mass is 386 g/mol. The van der Waals surface area contributed by atoms with Crippen molar-refractivity contribution in [1.82, 2.24) is 19.2 Å². The molecular weight excluding hydrogens is 372 g/mol. The molecule has 0 radical (unpaired) electrons. The lowest BCUT2D eigenvalue weighted by molar-refractivity contribution is 0.344. The zero-order chi connectivity index (χ0) is 18.1. The SMILES string of the molecule is Cn1c(=O)c2ccccc2n2c(SCCOc3ccccc3Cl)nnc12. The molecule has 0 aliphatic heterocycles. The van der Waals surface area contributed by atoms with Crippen LogP contribution < -0.4 is 10.3 Å². The Morgan fingerprint density at radius 2 is 1.88 bits per heavy atom. The highest BCUT2D eigenvalue weighted by molar-refractivity contribution is 7.99. The van der Waals surface area contributed by atoms with Gasteiger partial charge in [-0.3, -0.25) is 13.8 Å². The summed E-state index contributed by atoms with van der Waals surface area (Å²) in [5, 5.41) is 10.4. The number of aromatic nitrogens is 4. The van der Waals surface area contributed by atoms with Gasteiger partial charge in [0.05, 0.1) is 22.5 Å². The van der Waals surface area contributed by atoms with E-state index in [-0.39, 0.29) is 5.56 Å². The van der Waals surface area contributed by atoms with Gasteiger partial charge in [0.15, 0.2) is 5.16 Å². The third kappa shape index (κ3) is 2.93. The third-order valence-corrected chi connectivity index (χ3v) is 5.21. The second-order valence-electron chi connectivity index (χ2n) is 5.63. The van der Waals surface area contributed by atoms with E-state index in [0.717, 1.165) is 10.7 Å². The van der Waals surface area contributed by atoms with Crippen molar-refractivity contribution >= 4 is 40.0 Å². The van der Waals surface area contributed by atoms with Crippen LogP contribution >= 0.6 is 23.4 Å². The van der Waals surface area contributed by atoms with E-state index in [1.165, 1.54) is 16.3 Å². The number of ether oxygens (including phenoxy) is 1. The maximum atomic E-state index is 12.4. The minimum atomic E-state index is -0.0842. The first-order chi connectivity index (χ1) is 12.7. The van der Waals surface area contributed by atoms with E-state index in [2.05, 4.69) is 10.2 Å². The molecule has 0 aliphatic carbocycles. The van der Waals surface area contributed by atoms with Crippen molar-refractivity contribution in [1.29, 1.82) is 0 Å². The minimum absolute atomic E-state index is 0.0842. The van der Waals surface area contributed by atoms with E-state index in [1.54, 1.807) is 13.1 Å². The molecule has 0 saturated carbocycles. The zero-order valence-corrected chi connectivity index (χ0v) is 15.5. The molecule has 8 heteroatoms. The third-order valence-electron chi connectivity index (χ3n) is 4.00. The smallest absolute Gasteiger partial charge is 0.262 e. The van der Waals surface area contributed by atoms with E-state index >= 15 is 0 Å². The first kappa shape index (κ1) is 16.9. The molecule has 0 amide bonds. The number of hydrogen-bond donors (Lipinski definition) is 0. The Labute approximate surface area is 158 Å². The van der Waals surface area contributed by atoms with Gasteiger partial charge in [0.1, 0.15) is 5.75 Å². The maximum absolute atomic E-state index is 12.4. The van der Waals surface area contributed by atoms with Crippen LogP contribution in [0, 0.1) is 0 Å². The highest BCUT2D eigenvalue weighted by Crippen LogP contribution is 2.24. The summed E-state index contributed by atoms with van der Waals surface area (Å²) in [5.41, 5.74) is 0.712. The molecule has 2 aromatic carbocycles. The van der Waals surface area contributed by atoms with E-state index in [9.17, 15) is 4.79 Å². The number of halogens is 1. The maximum Gasteiger partial charge on any atom is 0.262 e. The lowest BCUT2D eigenvalue weighted by Crippen LogP contribution is -2.20. The largest absolute Gasteiger partial charge is 0.491 e. The quantitative estimate of drug-likeness (QED) is 0.388. The molecule has 0 atom stereocenters. The average molecular weight is 387 g/mol. The van der Waals surface area contributed by atoms with Gasteiger partial charge < -0.3 is 4.74 Å². The van der Waals surface area contributed by atoms with Gasteiger partial charge in [-0.15, -0.1) is 10.2 Å². The molecule has 0 bridgehead atoms. The number of nitrogens with zero attached hydrogens (tertiary/aromatic N) is 4. The number of hydrogen-bond acceptors (Lipinski definition) is 5. The summed E-state index contributed by atoms with van der Waals surface area (Å²) >= 11 is 7.60. The van der Waals surface area contributed by atoms with Crippen molar-refractivity contribution < 1.29 is 4.74 Å². The van der Waals surface area contributed by atoms with Crippen molar-refractivity contribution in [3.8, 4) is 5.75 Å². The van der Waals surface area contributed by atoms with E-state index in [1.807, 2.05) is 46.9 Å². The fourth-order valence-electron chi connectivity index (χ4n) is 2.75. The molecule has 0 aliphatic rings. The summed E-state index contributed by atoms with van der Waals surface area (Å²) < 4.78 is 9.13. The van der Waals surface area contributed by atoms with E-state index in [4.69, 9.17) is 16.3 Å². The minimum Gasteiger partial charge on any atom is -0.491 e. The number of benzene rings is 2. The lowest BCUT2D eigenvalue weighted by Gasteiger charge is -2.08. The standard InChI is InChI=1S/C18H15ClN4O2S/c1-22-16(24)12-6-2-4-8-14(12)23-17(22)20-21-18(23)26-11-10-25-15-9-5-3-7-13(15)19/h2-9H,10-11H2,1H3. The fraction of sp³-hybridized carbons (Fsp3) is 0.167. The average Bonchev–Trinajstić information content (AvgIpc) is 3.09. The van der Waals surface area contributed by atoms with Crippen LogP contribution in [0.15, 0.2) is 58.5 Å². The topological polar surface area (TPSA) is 61.4 Å². The lowest BCUT2D eigenvalue weighted by atomic mass is 10.2. The van der Waals surface area contributed by atoms with Gasteiger partial charge in [-0.1, -0.05) is 47.6 Å². The molecule has 4 rings (SSSR count). The first-order valence-electron chi connectivity index (χ1n) is 8.00. The van der Waals surface area contributed by atoms with Crippen LogP contribution in [0.5, 0.6) is 5.75 Å². The Morgan fingerprint density at radius 3 is 2.73 bits per heavy atom. The van der Waals surface area contributed by atoms with Crippen LogP contribution in [0.25, 0.3) is 16.7 Å². The molecule has 26 heavy (non-hydrogen) atoms. The molecule has 0 N–H and O–H groups in total. The van der Waals surface area contributed by atoms with Gasteiger partial charge in [-0.05, 0) is 24.3 Å². The molecule has 2 aromatic heterocycles. The molecule has 0 unspecified atom stereocenters. The van der Waals surface area contributed by atoms with Crippen LogP contribution in [-0.2, 0) is 7.05 Å². The molecule has 2 heterocycles. The molecule has 132 valence electrons. The summed E-state index contributed by atoms with van der Waals surface area (Å²) in [7, 11) is 1.70. The second kappa shape index (κ2) is 7.01. The second-order valence-corrected chi connectivity index (χ2v) is 7.10. The van der Waals surface area contributed by atoms with Crippen molar-refractivity contribution in [2.24, 2.45) is 7.05 Å². The highest BCUT2D eigenvalue weighted by Gasteiger charge is 2.14. The summed E-state index contributed by atoms with van der Waals surface area (Å²) in [6, 6.07) is 14.8. The predicted octanol–water partition coefficient (Wildman–Crippen LogP) is 3.41. The highest BCUT2D eigenvalue weighted by atomic mass is 35.5.